The molecule has 4 aromatic rings. The molecule has 13 heteroatoms. The molecular weight excluding hydrogens is 515 g/mol. The summed E-state index contributed by atoms with van der Waals surface area (Å²) in [7, 11) is -0.681. The summed E-state index contributed by atoms with van der Waals surface area (Å²) in [6.07, 6.45) is 1.58. The number of nitrogens with zero attached hydrogens (tertiary/aromatic N) is 3. The van der Waals surface area contributed by atoms with E-state index in [1.165, 1.54) is 26.3 Å². The molecule has 2 heterocycles. The van der Waals surface area contributed by atoms with E-state index < -0.39 is 27.5 Å². The average molecular weight is 543 g/mol. The van der Waals surface area contributed by atoms with Crippen molar-refractivity contribution in [1.29, 1.82) is 0 Å². The number of rotatable bonds is 9. The summed E-state index contributed by atoms with van der Waals surface area (Å²) in [5, 5.41) is 20.1. The number of methoxy groups -OCH3 is 1. The lowest BCUT2D eigenvalue weighted by molar-refractivity contribution is 0.0997. The number of aromatic amines is 1. The van der Waals surface area contributed by atoms with Crippen molar-refractivity contribution in [2.24, 2.45) is 5.73 Å². The van der Waals surface area contributed by atoms with Crippen molar-refractivity contribution in [2.75, 3.05) is 30.0 Å². The maximum Gasteiger partial charge on any atom is 0.269 e. The van der Waals surface area contributed by atoms with Crippen LogP contribution in [-0.2, 0) is 23.0 Å². The van der Waals surface area contributed by atoms with Gasteiger partial charge in [0.05, 0.1) is 35.6 Å². The van der Waals surface area contributed by atoms with Crippen LogP contribution in [0.25, 0.3) is 22.2 Å². The molecule has 200 valence electrons. The minimum atomic E-state index is -3.59. The summed E-state index contributed by atoms with van der Waals surface area (Å²) in [5.74, 6) is -1.36. The fraction of sp³-hybridized carbons (Fsp3) is 0.240. The van der Waals surface area contributed by atoms with Crippen molar-refractivity contribution in [3.8, 4) is 22.8 Å². The number of anilines is 2. The highest BCUT2D eigenvalue weighted by molar-refractivity contribution is 7.92. The van der Waals surface area contributed by atoms with E-state index in [1.807, 2.05) is 6.92 Å². The molecule has 38 heavy (non-hydrogen) atoms. The fourth-order valence-corrected chi connectivity index (χ4v) is 4.62. The highest BCUT2D eigenvalue weighted by atomic mass is 32.2. The van der Waals surface area contributed by atoms with Crippen molar-refractivity contribution in [3.63, 3.8) is 0 Å². The number of halogens is 1. The first-order chi connectivity index (χ1) is 17.9. The monoisotopic (exact) mass is 542 g/mol. The summed E-state index contributed by atoms with van der Waals surface area (Å²) in [4.78, 5) is 16.7. The van der Waals surface area contributed by atoms with Crippen molar-refractivity contribution >= 4 is 38.3 Å². The lowest BCUT2D eigenvalue weighted by atomic mass is 10.0. The van der Waals surface area contributed by atoms with Gasteiger partial charge in [-0.2, -0.15) is 5.10 Å². The van der Waals surface area contributed by atoms with Gasteiger partial charge in [-0.15, -0.1) is 0 Å². The van der Waals surface area contributed by atoms with E-state index >= 15 is 0 Å². The third kappa shape index (κ3) is 5.05. The number of pyridine rings is 1. The number of nitrogens with one attached hydrogen (secondary N) is 2. The Kier molecular flexibility index (Phi) is 7.14. The Balaban J connectivity index is 1.85. The van der Waals surface area contributed by atoms with Crippen LogP contribution in [0.3, 0.4) is 0 Å². The quantitative estimate of drug-likeness (QED) is 0.251. The van der Waals surface area contributed by atoms with Crippen LogP contribution in [0, 0.1) is 5.82 Å². The maximum absolute atomic E-state index is 14.3. The smallest absolute Gasteiger partial charge is 0.269 e. The number of amides is 1. The van der Waals surface area contributed by atoms with Gasteiger partial charge in [0.25, 0.3) is 5.91 Å². The molecule has 0 bridgehead atoms. The number of carbonyl (C=O) groups is 1. The molecule has 0 aliphatic heterocycles. The number of H-pyrrole nitrogens is 1. The summed E-state index contributed by atoms with van der Waals surface area (Å²) in [5.41, 5.74) is 8.34. The van der Waals surface area contributed by atoms with Gasteiger partial charge in [-0.3, -0.25) is 14.2 Å². The lowest BCUT2D eigenvalue weighted by Crippen LogP contribution is -2.26. The molecule has 0 aliphatic rings. The van der Waals surface area contributed by atoms with Gasteiger partial charge in [0.2, 0.25) is 10.0 Å². The Bertz CT molecular complexity index is 1650. The number of phenols is 1. The van der Waals surface area contributed by atoms with Gasteiger partial charge in [-0.05, 0) is 41.8 Å². The SMILES string of the molecule is CCc1cc(O)c(F)cc1-c1cc2[nH]nc(C(N)=O)c2c(NCc2ccc(OC)cc2N(C)S(C)(=O)=O)n1. The standard InChI is InChI=1S/C25H27FN6O5S/c1-5-13-8-21(33)17(26)10-16(13)18-11-19-22(23(24(27)34)31-30-19)25(29-18)28-12-14-6-7-15(37-3)9-20(14)32(2)38(4,35)36/h6-11,33H,5,12H2,1-4H3,(H2,27,34)(H,28,29)(H,30,31). The molecule has 2 aromatic carbocycles. The van der Waals surface area contributed by atoms with Crippen molar-refractivity contribution in [3.05, 3.63) is 59.0 Å². The number of fused-ring (bicyclic) bond motifs is 1. The van der Waals surface area contributed by atoms with E-state index in [0.29, 0.717) is 51.1 Å². The van der Waals surface area contributed by atoms with E-state index in [-0.39, 0.29) is 18.1 Å². The molecular formula is C25H27FN6O5S. The molecule has 0 saturated heterocycles. The van der Waals surface area contributed by atoms with Crippen molar-refractivity contribution < 1.29 is 27.4 Å². The molecule has 0 aliphatic carbocycles. The Morgan fingerprint density at radius 1 is 1.24 bits per heavy atom. The first-order valence-electron chi connectivity index (χ1n) is 11.5. The maximum atomic E-state index is 14.3. The van der Waals surface area contributed by atoms with Gasteiger partial charge in [0.1, 0.15) is 11.6 Å². The van der Waals surface area contributed by atoms with Crippen LogP contribution in [0.5, 0.6) is 11.5 Å². The number of aromatic hydroxyl groups is 1. The number of sulfonamides is 1. The number of aryl methyl sites for hydroxylation is 1. The van der Waals surface area contributed by atoms with Gasteiger partial charge in [0.15, 0.2) is 17.3 Å². The molecule has 0 saturated carbocycles. The number of aromatic nitrogens is 3. The second-order valence-electron chi connectivity index (χ2n) is 8.61. The summed E-state index contributed by atoms with van der Waals surface area (Å²) in [6, 6.07) is 9.14. The molecule has 0 spiro atoms. The first-order valence-corrected chi connectivity index (χ1v) is 13.3. The van der Waals surface area contributed by atoms with Gasteiger partial charge in [0, 0.05) is 25.2 Å². The summed E-state index contributed by atoms with van der Waals surface area (Å²) in [6.45, 7) is 1.96. The molecule has 11 nitrogen and oxygen atoms in total. The van der Waals surface area contributed by atoms with Crippen LogP contribution >= 0.6 is 0 Å². The molecule has 1 amide bonds. The lowest BCUT2D eigenvalue weighted by Gasteiger charge is -2.21. The zero-order valence-corrected chi connectivity index (χ0v) is 22.0. The molecule has 0 radical (unpaired) electrons. The Hall–Kier alpha value is -4.39. The van der Waals surface area contributed by atoms with E-state index in [1.54, 1.807) is 24.3 Å². The van der Waals surface area contributed by atoms with Crippen LogP contribution in [0.2, 0.25) is 0 Å². The first kappa shape index (κ1) is 26.7. The van der Waals surface area contributed by atoms with Gasteiger partial charge < -0.3 is 20.9 Å². The third-order valence-corrected chi connectivity index (χ3v) is 7.37. The van der Waals surface area contributed by atoms with Crippen molar-refractivity contribution in [1.82, 2.24) is 15.2 Å². The zero-order chi connectivity index (χ0) is 27.8. The molecule has 0 unspecified atom stereocenters. The third-order valence-electron chi connectivity index (χ3n) is 6.18. The van der Waals surface area contributed by atoms with Crippen molar-refractivity contribution in [2.45, 2.75) is 19.9 Å². The van der Waals surface area contributed by atoms with Gasteiger partial charge in [-0.25, -0.2) is 17.8 Å². The minimum absolute atomic E-state index is 0.0441. The van der Waals surface area contributed by atoms with E-state index in [2.05, 4.69) is 20.5 Å². The van der Waals surface area contributed by atoms with Crippen LogP contribution in [0.1, 0.15) is 28.5 Å². The number of carbonyl (C=O) groups excluding carboxylic acids is 1. The predicted octanol–water partition coefficient (Wildman–Crippen LogP) is 3.15. The number of benzene rings is 2. The van der Waals surface area contributed by atoms with Gasteiger partial charge in [-0.1, -0.05) is 13.0 Å². The fourth-order valence-electron chi connectivity index (χ4n) is 4.10. The predicted molar refractivity (Wildman–Crippen MR) is 142 cm³/mol. The summed E-state index contributed by atoms with van der Waals surface area (Å²) < 4.78 is 45.2. The molecule has 0 atom stereocenters. The van der Waals surface area contributed by atoms with Crippen LogP contribution < -0.4 is 20.1 Å². The zero-order valence-electron chi connectivity index (χ0n) is 21.2. The highest BCUT2D eigenvalue weighted by Crippen LogP contribution is 2.34. The number of primary amides is 1. The number of hydrogen-bond donors (Lipinski definition) is 4. The van der Waals surface area contributed by atoms with Crippen LogP contribution in [-0.4, -0.2) is 55.0 Å². The van der Waals surface area contributed by atoms with E-state index in [9.17, 15) is 22.7 Å². The molecule has 4 rings (SSSR count). The summed E-state index contributed by atoms with van der Waals surface area (Å²) >= 11 is 0. The normalized spacial score (nSPS) is 11.5. The number of ether oxygens (including phenoxy) is 1. The van der Waals surface area contributed by atoms with Crippen LogP contribution in [0.4, 0.5) is 15.9 Å². The number of nitrogens with two attached hydrogens (primary N) is 1. The van der Waals surface area contributed by atoms with E-state index in [0.717, 1.165) is 10.6 Å². The van der Waals surface area contributed by atoms with E-state index in [4.69, 9.17) is 10.5 Å². The van der Waals surface area contributed by atoms with Crippen LogP contribution in [0.15, 0.2) is 36.4 Å². The minimum Gasteiger partial charge on any atom is -0.505 e. The number of phenolic OH excluding ortho intramolecular Hbond substituents is 1. The molecule has 2 aromatic heterocycles. The highest BCUT2D eigenvalue weighted by Gasteiger charge is 2.21. The second-order valence-corrected chi connectivity index (χ2v) is 10.6. The molecule has 0 fully saturated rings. The topological polar surface area (TPSA) is 164 Å². The average Bonchev–Trinajstić information content (AvgIpc) is 3.32. The largest absolute Gasteiger partial charge is 0.505 e. The Labute approximate surface area is 218 Å². The Morgan fingerprint density at radius 3 is 2.61 bits per heavy atom. The Morgan fingerprint density at radius 2 is 1.97 bits per heavy atom. The second kappa shape index (κ2) is 10.2. The van der Waals surface area contributed by atoms with Gasteiger partial charge >= 0.3 is 0 Å². The number of hydrogen-bond acceptors (Lipinski definition) is 8. The molecule has 5 N–H and O–H groups in total.